The Balaban J connectivity index is 2.60. The molecule has 0 bridgehead atoms. The fourth-order valence-electron chi connectivity index (χ4n) is 2.47. The van der Waals surface area contributed by atoms with E-state index in [0.717, 1.165) is 0 Å². The van der Waals surface area contributed by atoms with E-state index >= 15 is 0 Å². The van der Waals surface area contributed by atoms with Crippen molar-refractivity contribution in [2.75, 3.05) is 7.05 Å². The highest BCUT2D eigenvalue weighted by Crippen LogP contribution is 2.33. The highest BCUT2D eigenvalue weighted by molar-refractivity contribution is 5.95. The summed E-state index contributed by atoms with van der Waals surface area (Å²) >= 11 is 0. The summed E-state index contributed by atoms with van der Waals surface area (Å²) in [6, 6.07) is 9.51. The van der Waals surface area contributed by atoms with Gasteiger partial charge in [-0.3, -0.25) is 4.79 Å². The molecule has 1 aromatic heterocycles. The lowest BCUT2D eigenvalue weighted by molar-refractivity contribution is 0.0696. The molecule has 3 N–H and O–H groups in total. The number of pyridine rings is 1. The summed E-state index contributed by atoms with van der Waals surface area (Å²) in [4.78, 5) is 27.4. The Labute approximate surface area is 133 Å². The van der Waals surface area contributed by atoms with E-state index in [4.69, 9.17) is 0 Å². The summed E-state index contributed by atoms with van der Waals surface area (Å²) in [6.45, 7) is 1.91. The van der Waals surface area contributed by atoms with Crippen LogP contribution in [0.4, 0.5) is 0 Å². The molecule has 0 fully saturated rings. The lowest BCUT2D eigenvalue weighted by Crippen LogP contribution is -2.21. The second-order valence-corrected chi connectivity index (χ2v) is 5.07. The van der Waals surface area contributed by atoms with Crippen molar-refractivity contribution in [2.24, 2.45) is 0 Å². The van der Waals surface area contributed by atoms with Crippen molar-refractivity contribution in [3.05, 3.63) is 58.9 Å². The van der Waals surface area contributed by atoms with Crippen LogP contribution in [0.25, 0.3) is 0 Å². The Morgan fingerprint density at radius 1 is 1.26 bits per heavy atom. The summed E-state index contributed by atoms with van der Waals surface area (Å²) in [6.07, 6.45) is 0.598. The first-order chi connectivity index (χ1) is 11.0. The maximum Gasteiger partial charge on any atom is 0.335 e. The van der Waals surface area contributed by atoms with Gasteiger partial charge in [-0.25, -0.2) is 9.78 Å². The highest BCUT2D eigenvalue weighted by Gasteiger charge is 2.21. The van der Waals surface area contributed by atoms with Crippen LogP contribution in [0.5, 0.6) is 5.75 Å². The van der Waals surface area contributed by atoms with Gasteiger partial charge in [0.05, 0.1) is 5.56 Å². The zero-order valence-electron chi connectivity index (χ0n) is 12.9. The van der Waals surface area contributed by atoms with E-state index in [9.17, 15) is 19.8 Å². The van der Waals surface area contributed by atoms with Gasteiger partial charge in [0.25, 0.3) is 5.91 Å². The molecule has 1 amide bonds. The van der Waals surface area contributed by atoms with Crippen molar-refractivity contribution < 1.29 is 19.8 Å². The van der Waals surface area contributed by atoms with E-state index in [1.807, 2.05) is 6.92 Å². The Hall–Kier alpha value is -2.89. The first kappa shape index (κ1) is 16.5. The Morgan fingerprint density at radius 3 is 2.52 bits per heavy atom. The number of aromatic carboxylic acids is 1. The van der Waals surface area contributed by atoms with Crippen molar-refractivity contribution in [3.63, 3.8) is 0 Å². The zero-order valence-corrected chi connectivity index (χ0v) is 12.9. The van der Waals surface area contributed by atoms with Gasteiger partial charge in [-0.1, -0.05) is 25.1 Å². The SMILES string of the molecule is CCC(c1cc(C(=O)O)cc(C(=O)NC)n1)c1ccccc1O. The van der Waals surface area contributed by atoms with Crippen LogP contribution in [-0.2, 0) is 0 Å². The molecular formula is C17H18N2O4. The first-order valence-electron chi connectivity index (χ1n) is 7.23. The van der Waals surface area contributed by atoms with Crippen LogP contribution in [0.1, 0.15) is 51.4 Å². The number of phenolic OH excluding ortho intramolecular Hbond substituents is 1. The van der Waals surface area contributed by atoms with Crippen molar-refractivity contribution in [1.29, 1.82) is 0 Å². The van der Waals surface area contributed by atoms with Gasteiger partial charge >= 0.3 is 5.97 Å². The predicted molar refractivity (Wildman–Crippen MR) is 84.8 cm³/mol. The summed E-state index contributed by atoms with van der Waals surface area (Å²) in [5.41, 5.74) is 1.11. The topological polar surface area (TPSA) is 99.5 Å². The smallest absolute Gasteiger partial charge is 0.335 e. The largest absolute Gasteiger partial charge is 0.508 e. The molecule has 6 nitrogen and oxygen atoms in total. The Kier molecular flexibility index (Phi) is 4.95. The molecule has 1 atom stereocenters. The molecule has 0 aliphatic heterocycles. The molecule has 23 heavy (non-hydrogen) atoms. The number of benzene rings is 1. The molecule has 6 heteroatoms. The lowest BCUT2D eigenvalue weighted by Gasteiger charge is -2.17. The second kappa shape index (κ2) is 6.91. The monoisotopic (exact) mass is 314 g/mol. The number of nitrogens with one attached hydrogen (secondary N) is 1. The van der Waals surface area contributed by atoms with Gasteiger partial charge in [0, 0.05) is 24.2 Å². The molecule has 2 aromatic rings. The molecule has 0 aliphatic rings. The number of carbonyl (C=O) groups excluding carboxylic acids is 1. The third-order valence-corrected chi connectivity index (χ3v) is 3.63. The molecule has 0 saturated carbocycles. The third kappa shape index (κ3) is 3.48. The number of para-hydroxylation sites is 1. The molecule has 1 heterocycles. The number of carbonyl (C=O) groups is 2. The normalized spacial score (nSPS) is 11.7. The van der Waals surface area contributed by atoms with Crippen LogP contribution < -0.4 is 5.32 Å². The average Bonchev–Trinajstić information content (AvgIpc) is 2.56. The molecule has 120 valence electrons. The van der Waals surface area contributed by atoms with Crippen molar-refractivity contribution in [3.8, 4) is 5.75 Å². The van der Waals surface area contributed by atoms with Gasteiger partial charge in [0.1, 0.15) is 11.4 Å². The summed E-state index contributed by atoms with van der Waals surface area (Å²) in [5.74, 6) is -1.78. The van der Waals surface area contributed by atoms with Crippen LogP contribution in [0.3, 0.4) is 0 Å². The number of hydrogen-bond acceptors (Lipinski definition) is 4. The summed E-state index contributed by atoms with van der Waals surface area (Å²) < 4.78 is 0. The zero-order chi connectivity index (χ0) is 17.0. The number of rotatable bonds is 5. The van der Waals surface area contributed by atoms with E-state index in [1.165, 1.54) is 19.2 Å². The van der Waals surface area contributed by atoms with Crippen LogP contribution in [-0.4, -0.2) is 34.1 Å². The minimum Gasteiger partial charge on any atom is -0.508 e. The number of phenols is 1. The second-order valence-electron chi connectivity index (χ2n) is 5.07. The van der Waals surface area contributed by atoms with E-state index < -0.39 is 11.9 Å². The number of aromatic nitrogens is 1. The number of nitrogens with zero attached hydrogens (tertiary/aromatic N) is 1. The van der Waals surface area contributed by atoms with Crippen LogP contribution >= 0.6 is 0 Å². The molecule has 1 unspecified atom stereocenters. The van der Waals surface area contributed by atoms with E-state index in [0.29, 0.717) is 17.7 Å². The van der Waals surface area contributed by atoms with Crippen LogP contribution in [0, 0.1) is 0 Å². The van der Waals surface area contributed by atoms with Crippen LogP contribution in [0.15, 0.2) is 36.4 Å². The van der Waals surface area contributed by atoms with E-state index in [2.05, 4.69) is 10.3 Å². The molecule has 0 aliphatic carbocycles. The molecule has 0 spiro atoms. The van der Waals surface area contributed by atoms with E-state index in [1.54, 1.807) is 24.3 Å². The highest BCUT2D eigenvalue weighted by atomic mass is 16.4. The molecular weight excluding hydrogens is 296 g/mol. The average molecular weight is 314 g/mol. The number of hydrogen-bond donors (Lipinski definition) is 3. The Bertz CT molecular complexity index is 743. The van der Waals surface area contributed by atoms with Gasteiger partial charge in [-0.15, -0.1) is 0 Å². The van der Waals surface area contributed by atoms with Gasteiger partial charge in [-0.05, 0) is 24.6 Å². The predicted octanol–water partition coefficient (Wildman–Crippen LogP) is 2.39. The van der Waals surface area contributed by atoms with Crippen LogP contribution in [0.2, 0.25) is 0 Å². The Morgan fingerprint density at radius 2 is 1.96 bits per heavy atom. The first-order valence-corrected chi connectivity index (χ1v) is 7.23. The molecule has 0 saturated heterocycles. The molecule has 2 rings (SSSR count). The maximum absolute atomic E-state index is 11.8. The van der Waals surface area contributed by atoms with Crippen molar-refractivity contribution in [1.82, 2.24) is 10.3 Å². The fourth-order valence-corrected chi connectivity index (χ4v) is 2.47. The standard InChI is InChI=1S/C17H18N2O4/c1-3-11(12-6-4-5-7-15(12)20)13-8-10(17(22)23)9-14(19-13)16(21)18-2/h4-9,11,20H,3H2,1-2H3,(H,18,21)(H,22,23). The van der Waals surface area contributed by atoms with E-state index in [-0.39, 0.29) is 22.9 Å². The number of aromatic hydroxyl groups is 1. The minimum absolute atomic E-state index is 0.0116. The van der Waals surface area contributed by atoms with Gasteiger partial charge in [0.2, 0.25) is 0 Å². The van der Waals surface area contributed by atoms with Crippen molar-refractivity contribution >= 4 is 11.9 Å². The molecule has 0 radical (unpaired) electrons. The van der Waals surface area contributed by atoms with Crippen molar-refractivity contribution in [2.45, 2.75) is 19.3 Å². The van der Waals surface area contributed by atoms with Gasteiger partial charge in [0.15, 0.2) is 0 Å². The third-order valence-electron chi connectivity index (χ3n) is 3.63. The molecule has 1 aromatic carbocycles. The summed E-state index contributed by atoms with van der Waals surface area (Å²) in [7, 11) is 1.46. The number of amides is 1. The summed E-state index contributed by atoms with van der Waals surface area (Å²) in [5, 5.41) is 21.8. The van der Waals surface area contributed by atoms with Gasteiger partial charge in [-0.2, -0.15) is 0 Å². The fraction of sp³-hybridized carbons (Fsp3) is 0.235. The minimum atomic E-state index is -1.13. The lowest BCUT2D eigenvalue weighted by atomic mass is 9.91. The maximum atomic E-state index is 11.8. The quantitative estimate of drug-likeness (QED) is 0.787. The number of carboxylic acid groups (broad SMARTS) is 1. The van der Waals surface area contributed by atoms with Gasteiger partial charge < -0.3 is 15.5 Å². The number of carboxylic acids is 1.